The summed E-state index contributed by atoms with van der Waals surface area (Å²) >= 11 is 3.29. The summed E-state index contributed by atoms with van der Waals surface area (Å²) in [5.74, 6) is -0.900. The molecule has 2 aliphatic heterocycles. The molecule has 1 aromatic heterocycles. The summed E-state index contributed by atoms with van der Waals surface area (Å²) in [7, 11) is -4.06. The van der Waals surface area contributed by atoms with Gasteiger partial charge in [0.15, 0.2) is 12.1 Å². The average molecular weight is 532 g/mol. The third-order valence-corrected chi connectivity index (χ3v) is 7.23. The Morgan fingerprint density at radius 1 is 1.31 bits per heavy atom. The van der Waals surface area contributed by atoms with E-state index in [1.54, 1.807) is 6.07 Å². The highest BCUT2D eigenvalue weighted by atomic mass is 79.9. The van der Waals surface area contributed by atoms with Crippen LogP contribution in [0.4, 0.5) is 13.2 Å². The maximum Gasteiger partial charge on any atom is 0.393 e. The van der Waals surface area contributed by atoms with E-state index in [2.05, 4.69) is 32.8 Å². The highest BCUT2D eigenvalue weighted by Gasteiger charge is 2.40. The largest absolute Gasteiger partial charge is 0.393 e. The lowest BCUT2D eigenvalue weighted by Crippen LogP contribution is -2.36. The normalized spacial score (nSPS) is 20.9. The van der Waals surface area contributed by atoms with Gasteiger partial charge >= 0.3 is 10.0 Å². The zero-order valence-corrected chi connectivity index (χ0v) is 19.1. The van der Waals surface area contributed by atoms with Gasteiger partial charge in [0.05, 0.1) is 24.2 Å². The minimum absolute atomic E-state index is 0.210. The summed E-state index contributed by atoms with van der Waals surface area (Å²) in [5.41, 5.74) is 0.359. The molecule has 0 amide bonds. The maximum absolute atomic E-state index is 14.5. The number of pyridine rings is 1. The third-order valence-electron chi connectivity index (χ3n) is 5.51. The van der Waals surface area contributed by atoms with Gasteiger partial charge in [0.2, 0.25) is 6.01 Å². The van der Waals surface area contributed by atoms with Gasteiger partial charge in [-0.15, -0.1) is 3.98 Å². The average Bonchev–Trinajstić information content (AvgIpc) is 3.43. The number of sulfonamides is 1. The molecule has 0 spiro atoms. The number of oxime groups is 1. The quantitative estimate of drug-likeness (QED) is 0.435. The molecule has 2 aromatic rings. The fraction of sp³-hybridized carbons (Fsp3) is 0.350. The molecule has 0 N–H and O–H groups in total. The van der Waals surface area contributed by atoms with Gasteiger partial charge in [-0.3, -0.25) is 4.98 Å². The fourth-order valence-corrected chi connectivity index (χ4v) is 4.94. The van der Waals surface area contributed by atoms with E-state index in [0.29, 0.717) is 29.0 Å². The van der Waals surface area contributed by atoms with E-state index >= 15 is 0 Å². The lowest BCUT2D eigenvalue weighted by molar-refractivity contribution is -0.401. The van der Waals surface area contributed by atoms with E-state index in [0.717, 1.165) is 3.98 Å². The number of rotatable bonds is 5. The number of halogens is 4. The number of alkyl halides is 1. The highest BCUT2D eigenvalue weighted by molar-refractivity contribution is 9.10. The van der Waals surface area contributed by atoms with E-state index in [1.165, 1.54) is 24.4 Å². The molecule has 0 saturated carbocycles. The van der Waals surface area contributed by atoms with E-state index in [1.807, 2.05) is 4.90 Å². The van der Waals surface area contributed by atoms with Crippen LogP contribution in [-0.4, -0.2) is 60.0 Å². The monoisotopic (exact) mass is 531 g/mol. The molecule has 170 valence electrons. The number of amidine groups is 1. The number of likely N-dealkylation sites (tertiary alicyclic amines) is 1. The standard InChI is InChI=1S/C20H19BrF3N4O3S/c1-27(32(29,30)11-22)13-5-6-28(10-13)18-8-17(31-26-18)20-14(7-12(21)9-25-20)19-15(23)3-2-4-16(19)24/h2-4,7,9,13,17H,1,5-6,8,10-11H2/q+1/t13-,17?/m0/s1. The summed E-state index contributed by atoms with van der Waals surface area (Å²) < 4.78 is 66.5. The molecular weight excluding hydrogens is 513 g/mol. The number of hydrogen-bond donors (Lipinski definition) is 0. The summed E-state index contributed by atoms with van der Waals surface area (Å²) in [6, 6.07) is 3.18. The second-order valence-electron chi connectivity index (χ2n) is 7.49. The summed E-state index contributed by atoms with van der Waals surface area (Å²) in [6.45, 7) is 4.24. The van der Waals surface area contributed by atoms with Gasteiger partial charge in [0, 0.05) is 29.2 Å². The van der Waals surface area contributed by atoms with Crippen molar-refractivity contribution in [3.05, 3.63) is 52.3 Å². The Hall–Kier alpha value is -2.47. The molecule has 0 aliphatic carbocycles. The van der Waals surface area contributed by atoms with Crippen molar-refractivity contribution in [1.82, 2.24) is 9.88 Å². The van der Waals surface area contributed by atoms with Crippen LogP contribution < -0.4 is 0 Å². The van der Waals surface area contributed by atoms with Crippen LogP contribution in [0.15, 0.2) is 40.1 Å². The van der Waals surface area contributed by atoms with Crippen molar-refractivity contribution < 1.29 is 30.4 Å². The van der Waals surface area contributed by atoms with E-state index in [-0.39, 0.29) is 24.1 Å². The van der Waals surface area contributed by atoms with Crippen molar-refractivity contribution in [2.24, 2.45) is 5.16 Å². The van der Waals surface area contributed by atoms with Crippen LogP contribution >= 0.6 is 15.9 Å². The molecule has 1 unspecified atom stereocenters. The molecule has 3 heterocycles. The van der Waals surface area contributed by atoms with Crippen molar-refractivity contribution in [3.8, 4) is 11.1 Å². The van der Waals surface area contributed by atoms with Crippen molar-refractivity contribution in [1.29, 1.82) is 0 Å². The molecule has 0 radical (unpaired) electrons. The van der Waals surface area contributed by atoms with Crippen LogP contribution in [0.5, 0.6) is 0 Å². The Bertz CT molecular complexity index is 1190. The fourth-order valence-electron chi connectivity index (χ4n) is 3.86. The molecule has 12 heteroatoms. The van der Waals surface area contributed by atoms with Crippen LogP contribution in [-0.2, 0) is 14.9 Å². The molecule has 0 bridgehead atoms. The lowest BCUT2D eigenvalue weighted by Gasteiger charge is -2.17. The third kappa shape index (κ3) is 4.25. The predicted molar refractivity (Wildman–Crippen MR) is 115 cm³/mol. The SMILES string of the molecule is C=[N+]([C@H]1CCN(C2=NOC(c3ncc(Br)cc3-c3c(F)cccc3F)C2)C1)S(=O)(=O)CF. The topological polar surface area (TPSA) is 74.9 Å². The molecule has 32 heavy (non-hydrogen) atoms. The van der Waals surface area contributed by atoms with Gasteiger partial charge in [-0.05, 0) is 34.1 Å². The Morgan fingerprint density at radius 2 is 2.03 bits per heavy atom. The minimum Gasteiger partial charge on any atom is -0.384 e. The molecule has 1 fully saturated rings. The van der Waals surface area contributed by atoms with Gasteiger partial charge in [-0.1, -0.05) is 11.2 Å². The molecule has 2 aliphatic rings. The van der Waals surface area contributed by atoms with Gasteiger partial charge in [-0.25, -0.2) is 13.2 Å². The Labute approximate surface area is 191 Å². The smallest absolute Gasteiger partial charge is 0.384 e. The first-order valence-electron chi connectivity index (χ1n) is 9.67. The molecule has 2 atom stereocenters. The first kappa shape index (κ1) is 22.7. The van der Waals surface area contributed by atoms with Crippen molar-refractivity contribution >= 4 is 38.5 Å². The molecule has 1 aromatic carbocycles. The maximum atomic E-state index is 14.5. The summed E-state index contributed by atoms with van der Waals surface area (Å²) in [4.78, 5) is 11.7. The highest BCUT2D eigenvalue weighted by Crippen LogP contribution is 2.38. The number of nitrogens with zero attached hydrogens (tertiary/aromatic N) is 4. The van der Waals surface area contributed by atoms with Crippen LogP contribution in [0.1, 0.15) is 24.6 Å². The number of hydrogen-bond acceptors (Lipinski definition) is 6. The van der Waals surface area contributed by atoms with E-state index < -0.39 is 39.8 Å². The Morgan fingerprint density at radius 3 is 2.72 bits per heavy atom. The van der Waals surface area contributed by atoms with Crippen LogP contribution in [0.2, 0.25) is 0 Å². The van der Waals surface area contributed by atoms with E-state index in [4.69, 9.17) is 4.84 Å². The zero-order chi connectivity index (χ0) is 23.0. The van der Waals surface area contributed by atoms with Crippen LogP contribution in [0, 0.1) is 11.6 Å². The molecular formula is C20H19BrF3N4O3S+. The second-order valence-corrected chi connectivity index (χ2v) is 10.3. The Balaban J connectivity index is 1.54. The molecule has 7 nitrogen and oxygen atoms in total. The number of aromatic nitrogens is 1. The first-order valence-corrected chi connectivity index (χ1v) is 12.1. The lowest BCUT2D eigenvalue weighted by atomic mass is 9.98. The van der Waals surface area contributed by atoms with Crippen LogP contribution in [0.3, 0.4) is 0 Å². The van der Waals surface area contributed by atoms with Gasteiger partial charge in [-0.2, -0.15) is 8.42 Å². The van der Waals surface area contributed by atoms with E-state index in [9.17, 15) is 21.6 Å². The zero-order valence-electron chi connectivity index (χ0n) is 16.7. The number of benzene rings is 1. The summed E-state index contributed by atoms with van der Waals surface area (Å²) in [5, 5.41) is 4.09. The second kappa shape index (κ2) is 8.81. The summed E-state index contributed by atoms with van der Waals surface area (Å²) in [6.07, 6.45) is 1.55. The van der Waals surface area contributed by atoms with Crippen molar-refractivity contribution in [2.75, 3.05) is 19.1 Å². The van der Waals surface area contributed by atoms with Crippen molar-refractivity contribution in [2.45, 2.75) is 25.0 Å². The van der Waals surface area contributed by atoms with Gasteiger partial charge in [0.25, 0.3) is 0 Å². The van der Waals surface area contributed by atoms with Crippen molar-refractivity contribution in [3.63, 3.8) is 0 Å². The van der Waals surface area contributed by atoms with Crippen LogP contribution in [0.25, 0.3) is 11.1 Å². The van der Waals surface area contributed by atoms with Gasteiger partial charge < -0.3 is 9.74 Å². The predicted octanol–water partition coefficient (Wildman–Crippen LogP) is 3.61. The molecule has 4 rings (SSSR count). The Kier molecular flexibility index (Phi) is 6.26. The molecule has 1 saturated heterocycles. The minimum atomic E-state index is -4.06. The first-order chi connectivity index (χ1) is 15.2. The van der Waals surface area contributed by atoms with Gasteiger partial charge in [0.1, 0.15) is 24.2 Å².